The molecule has 0 aliphatic carbocycles. The van der Waals surface area contributed by atoms with E-state index in [4.69, 9.17) is 0 Å². The molecule has 0 atom stereocenters. The maximum absolute atomic E-state index is 3.78. The highest BCUT2D eigenvalue weighted by atomic mass is 32.1. The van der Waals surface area contributed by atoms with E-state index in [0.717, 1.165) is 0 Å². The Balaban J connectivity index is 1.73. The van der Waals surface area contributed by atoms with Crippen LogP contribution in [0.4, 0.5) is 0 Å². The summed E-state index contributed by atoms with van der Waals surface area (Å²) in [5.74, 6) is 0. The smallest absolute Gasteiger partial charge is 0.0565 e. The zero-order valence-corrected chi connectivity index (χ0v) is 17.0. The summed E-state index contributed by atoms with van der Waals surface area (Å²) in [5.41, 5.74) is 4.95. The Kier molecular flexibility index (Phi) is 3.21. The number of thiophene rings is 1. The van der Waals surface area contributed by atoms with Crippen molar-refractivity contribution in [2.45, 2.75) is 0 Å². The number of aromatic amines is 1. The highest BCUT2D eigenvalue weighted by Crippen LogP contribution is 2.45. The van der Waals surface area contributed by atoms with E-state index in [1.54, 1.807) is 0 Å². The largest absolute Gasteiger partial charge is 0.354 e. The summed E-state index contributed by atoms with van der Waals surface area (Å²) in [6.07, 6.45) is 0. The minimum Gasteiger partial charge on any atom is -0.354 e. The molecule has 0 unspecified atom stereocenters. The number of aromatic nitrogens is 1. The molecule has 2 heterocycles. The number of fused-ring (bicyclic) bond motifs is 10. The summed E-state index contributed by atoms with van der Waals surface area (Å²) in [5, 5.41) is 7.97. The van der Waals surface area contributed by atoms with Crippen molar-refractivity contribution in [1.82, 2.24) is 4.98 Å². The van der Waals surface area contributed by atoms with E-state index in [1.807, 2.05) is 11.3 Å². The molecule has 2 heteroatoms. The van der Waals surface area contributed by atoms with Gasteiger partial charge in [-0.15, -0.1) is 11.3 Å². The molecule has 0 saturated heterocycles. The summed E-state index contributed by atoms with van der Waals surface area (Å²) in [6, 6.07) is 35.0. The zero-order chi connectivity index (χ0) is 19.7. The summed E-state index contributed by atoms with van der Waals surface area (Å²) in [6.45, 7) is 0. The van der Waals surface area contributed by atoms with E-state index in [9.17, 15) is 0 Å². The van der Waals surface area contributed by atoms with Gasteiger partial charge in [0.15, 0.2) is 0 Å². The number of benzene rings is 5. The molecular formula is C28H17NS. The van der Waals surface area contributed by atoms with Crippen LogP contribution in [0.3, 0.4) is 0 Å². The Morgan fingerprint density at radius 3 is 2.13 bits per heavy atom. The van der Waals surface area contributed by atoms with E-state index in [0.29, 0.717) is 0 Å². The Labute approximate surface area is 177 Å². The Morgan fingerprint density at radius 2 is 1.27 bits per heavy atom. The van der Waals surface area contributed by atoms with Gasteiger partial charge >= 0.3 is 0 Å². The Hall–Kier alpha value is -3.62. The van der Waals surface area contributed by atoms with Gasteiger partial charge in [-0.25, -0.2) is 0 Å². The Morgan fingerprint density at radius 1 is 0.533 bits per heavy atom. The standard InChI is InChI=1S/C28H17NS/c1-2-8-17(9-3-1)18-14-15-23-22(16-18)25-19-10-4-5-11-20(19)28-26(27(25)29-23)21-12-6-7-13-24(21)30-28/h1-16,29H. The van der Waals surface area contributed by atoms with Gasteiger partial charge in [-0.3, -0.25) is 0 Å². The molecule has 140 valence electrons. The molecule has 0 bridgehead atoms. The quantitative estimate of drug-likeness (QED) is 0.285. The van der Waals surface area contributed by atoms with Gasteiger partial charge in [0.25, 0.3) is 0 Å². The van der Waals surface area contributed by atoms with Gasteiger partial charge in [0.2, 0.25) is 0 Å². The summed E-state index contributed by atoms with van der Waals surface area (Å²) >= 11 is 1.90. The van der Waals surface area contributed by atoms with Crippen LogP contribution in [0.1, 0.15) is 0 Å². The fourth-order valence-electron chi connectivity index (χ4n) is 4.85. The molecule has 0 fully saturated rings. The lowest BCUT2D eigenvalue weighted by atomic mass is 9.98. The van der Waals surface area contributed by atoms with Crippen molar-refractivity contribution >= 4 is 64.1 Å². The highest BCUT2D eigenvalue weighted by Gasteiger charge is 2.17. The first kappa shape index (κ1) is 16.2. The molecule has 7 rings (SSSR count). The second-order valence-corrected chi connectivity index (χ2v) is 8.90. The third-order valence-electron chi connectivity index (χ3n) is 6.19. The highest BCUT2D eigenvalue weighted by molar-refractivity contribution is 7.27. The van der Waals surface area contributed by atoms with Crippen molar-refractivity contribution in [3.05, 3.63) is 97.1 Å². The number of hydrogen-bond donors (Lipinski definition) is 1. The second kappa shape index (κ2) is 5.94. The SMILES string of the molecule is c1ccc(-c2ccc3[nH]c4c(c3c2)c2ccccc2c2sc3ccccc3c42)cc1. The maximum atomic E-state index is 3.78. The molecule has 0 spiro atoms. The summed E-state index contributed by atoms with van der Waals surface area (Å²) in [7, 11) is 0. The van der Waals surface area contributed by atoms with E-state index < -0.39 is 0 Å². The first-order valence-corrected chi connectivity index (χ1v) is 11.0. The number of hydrogen-bond acceptors (Lipinski definition) is 1. The summed E-state index contributed by atoms with van der Waals surface area (Å²) < 4.78 is 2.71. The first-order chi connectivity index (χ1) is 14.9. The van der Waals surface area contributed by atoms with Gasteiger partial charge in [-0.1, -0.05) is 78.9 Å². The third-order valence-corrected chi connectivity index (χ3v) is 7.40. The molecule has 0 saturated carbocycles. The topological polar surface area (TPSA) is 15.8 Å². The molecule has 5 aromatic carbocycles. The van der Waals surface area contributed by atoms with Gasteiger partial charge in [0.05, 0.1) is 5.52 Å². The van der Waals surface area contributed by atoms with Gasteiger partial charge in [0, 0.05) is 41.8 Å². The van der Waals surface area contributed by atoms with E-state index in [-0.39, 0.29) is 0 Å². The normalized spacial score (nSPS) is 12.0. The van der Waals surface area contributed by atoms with E-state index in [2.05, 4.69) is 102 Å². The van der Waals surface area contributed by atoms with E-state index >= 15 is 0 Å². The van der Waals surface area contributed by atoms with Gasteiger partial charge in [-0.2, -0.15) is 0 Å². The molecule has 30 heavy (non-hydrogen) atoms. The van der Waals surface area contributed by atoms with E-state index in [1.165, 1.54) is 63.9 Å². The molecule has 0 aliphatic heterocycles. The molecular weight excluding hydrogens is 382 g/mol. The van der Waals surface area contributed by atoms with Crippen LogP contribution in [0.5, 0.6) is 0 Å². The van der Waals surface area contributed by atoms with Crippen LogP contribution in [0.2, 0.25) is 0 Å². The van der Waals surface area contributed by atoms with Crippen molar-refractivity contribution in [3.63, 3.8) is 0 Å². The monoisotopic (exact) mass is 399 g/mol. The van der Waals surface area contributed by atoms with Crippen molar-refractivity contribution in [2.75, 3.05) is 0 Å². The van der Waals surface area contributed by atoms with Crippen molar-refractivity contribution in [1.29, 1.82) is 0 Å². The Bertz CT molecular complexity index is 1740. The van der Waals surface area contributed by atoms with Crippen molar-refractivity contribution in [2.24, 2.45) is 0 Å². The van der Waals surface area contributed by atoms with Crippen LogP contribution in [0.25, 0.3) is 63.9 Å². The van der Waals surface area contributed by atoms with Crippen LogP contribution >= 0.6 is 11.3 Å². The van der Waals surface area contributed by atoms with Crippen LogP contribution < -0.4 is 0 Å². The summed E-state index contributed by atoms with van der Waals surface area (Å²) in [4.78, 5) is 3.78. The molecule has 0 radical (unpaired) electrons. The fraction of sp³-hybridized carbons (Fsp3) is 0. The predicted octanol–water partition coefficient (Wildman–Crippen LogP) is 8.51. The maximum Gasteiger partial charge on any atom is 0.0565 e. The van der Waals surface area contributed by atoms with Crippen LogP contribution in [0, 0.1) is 0 Å². The minimum absolute atomic E-state index is 1.19. The molecule has 2 aromatic heterocycles. The van der Waals surface area contributed by atoms with Crippen molar-refractivity contribution in [3.8, 4) is 11.1 Å². The lowest BCUT2D eigenvalue weighted by molar-refractivity contribution is 1.56. The lowest BCUT2D eigenvalue weighted by Gasteiger charge is -2.05. The second-order valence-electron chi connectivity index (χ2n) is 7.85. The fourth-order valence-corrected chi connectivity index (χ4v) is 6.10. The lowest BCUT2D eigenvalue weighted by Crippen LogP contribution is -1.78. The molecule has 1 N–H and O–H groups in total. The molecule has 0 amide bonds. The number of nitrogens with one attached hydrogen (secondary N) is 1. The van der Waals surface area contributed by atoms with Crippen LogP contribution in [-0.2, 0) is 0 Å². The van der Waals surface area contributed by atoms with Crippen LogP contribution in [0.15, 0.2) is 97.1 Å². The average Bonchev–Trinajstić information content (AvgIpc) is 3.38. The number of rotatable bonds is 1. The average molecular weight is 400 g/mol. The first-order valence-electron chi connectivity index (χ1n) is 10.2. The minimum atomic E-state index is 1.19. The third kappa shape index (κ3) is 2.11. The molecule has 1 nitrogen and oxygen atoms in total. The zero-order valence-electron chi connectivity index (χ0n) is 16.1. The van der Waals surface area contributed by atoms with Gasteiger partial charge < -0.3 is 4.98 Å². The predicted molar refractivity (Wildman–Crippen MR) is 132 cm³/mol. The molecule has 0 aliphatic rings. The van der Waals surface area contributed by atoms with Crippen molar-refractivity contribution < 1.29 is 0 Å². The van der Waals surface area contributed by atoms with Gasteiger partial charge in [0.1, 0.15) is 0 Å². The number of H-pyrrole nitrogens is 1. The van der Waals surface area contributed by atoms with Gasteiger partial charge in [-0.05, 0) is 34.7 Å². The molecule has 7 aromatic rings. The van der Waals surface area contributed by atoms with Crippen LogP contribution in [-0.4, -0.2) is 4.98 Å².